The van der Waals surface area contributed by atoms with Crippen molar-refractivity contribution in [2.24, 2.45) is 11.3 Å². The van der Waals surface area contributed by atoms with E-state index in [9.17, 15) is 22.8 Å². The minimum atomic E-state index is -4.72. The molecule has 2 aromatic heterocycles. The first kappa shape index (κ1) is 27.3. The molecule has 1 amide bonds. The third-order valence-corrected chi connectivity index (χ3v) is 6.96. The highest BCUT2D eigenvalue weighted by atomic mass is 35.5. The number of halogens is 4. The number of aromatic nitrogens is 3. The molecule has 2 heterocycles. The Hall–Kier alpha value is -2.29. The highest BCUT2D eigenvalue weighted by Gasteiger charge is 2.43. The maximum atomic E-state index is 14.2. The van der Waals surface area contributed by atoms with Gasteiger partial charge < -0.3 is 9.88 Å². The van der Waals surface area contributed by atoms with Crippen molar-refractivity contribution in [3.63, 3.8) is 0 Å². The Morgan fingerprint density at radius 3 is 2.43 bits per heavy atom. The lowest BCUT2D eigenvalue weighted by atomic mass is 9.87. The summed E-state index contributed by atoms with van der Waals surface area (Å²) >= 11 is 6.26. The van der Waals surface area contributed by atoms with E-state index in [-0.39, 0.29) is 36.5 Å². The minimum Gasteiger partial charge on any atom is -0.338 e. The minimum absolute atomic E-state index is 0.115. The lowest BCUT2D eigenvalue weighted by Gasteiger charge is -2.31. The number of alkyl halides is 3. The van der Waals surface area contributed by atoms with Gasteiger partial charge >= 0.3 is 6.18 Å². The van der Waals surface area contributed by atoms with Gasteiger partial charge in [-0.3, -0.25) is 14.3 Å². The summed E-state index contributed by atoms with van der Waals surface area (Å²) < 4.78 is 43.8. The molecule has 10 heteroatoms. The van der Waals surface area contributed by atoms with Gasteiger partial charge in [0.25, 0.3) is 11.5 Å². The molecule has 1 N–H and O–H groups in total. The summed E-state index contributed by atoms with van der Waals surface area (Å²) in [5.74, 6) is -0.249. The van der Waals surface area contributed by atoms with Crippen molar-refractivity contribution in [2.75, 3.05) is 13.1 Å². The largest absolute Gasteiger partial charge is 0.433 e. The zero-order valence-corrected chi connectivity index (χ0v) is 21.7. The molecular formula is C25H34ClF3N4O2. The van der Waals surface area contributed by atoms with Gasteiger partial charge in [0.1, 0.15) is 0 Å². The number of carbonyl (C=O) groups is 1. The van der Waals surface area contributed by atoms with Crippen LogP contribution in [0.2, 0.25) is 5.02 Å². The van der Waals surface area contributed by atoms with Crippen LogP contribution in [0.15, 0.2) is 17.2 Å². The monoisotopic (exact) mass is 514 g/mol. The van der Waals surface area contributed by atoms with Gasteiger partial charge in [0.15, 0.2) is 5.69 Å². The highest BCUT2D eigenvalue weighted by molar-refractivity contribution is 6.31. The second kappa shape index (κ2) is 10.4. The Morgan fingerprint density at radius 2 is 1.86 bits per heavy atom. The van der Waals surface area contributed by atoms with Gasteiger partial charge in [0, 0.05) is 24.8 Å². The summed E-state index contributed by atoms with van der Waals surface area (Å²) in [4.78, 5) is 29.5. The Morgan fingerprint density at radius 1 is 1.23 bits per heavy atom. The molecule has 0 bridgehead atoms. The number of amides is 1. The van der Waals surface area contributed by atoms with Crippen LogP contribution in [0.4, 0.5) is 13.2 Å². The molecule has 1 saturated carbocycles. The van der Waals surface area contributed by atoms with Crippen LogP contribution in [0.3, 0.4) is 0 Å². The Labute approximate surface area is 208 Å². The van der Waals surface area contributed by atoms with Crippen LogP contribution < -0.4 is 5.56 Å². The fraction of sp³-hybridized carbons (Fsp3) is 0.640. The third-order valence-electron chi connectivity index (χ3n) is 6.62. The van der Waals surface area contributed by atoms with Crippen LogP contribution >= 0.6 is 11.6 Å². The standard InChI is InChI=1S/C25H34ClF3N4O2/c1-15-6-8-17(9-7-15)33-21(25(27,28)29)19(12-31-33)23(35)32(14-24(3,4)5)11-10-18-16(2)22(34)30-13-20(18)26/h12-13,15,17H,6-11,14H2,1-5H3,(H,30,34). The molecule has 1 fully saturated rings. The van der Waals surface area contributed by atoms with Crippen LogP contribution in [0.25, 0.3) is 0 Å². The summed E-state index contributed by atoms with van der Waals surface area (Å²) in [6.07, 6.45) is 0.840. The molecule has 0 aliphatic heterocycles. The molecular weight excluding hydrogens is 481 g/mol. The number of hydrogen-bond acceptors (Lipinski definition) is 3. The van der Waals surface area contributed by atoms with Gasteiger partial charge in [-0.25, -0.2) is 0 Å². The maximum absolute atomic E-state index is 14.2. The molecule has 194 valence electrons. The van der Waals surface area contributed by atoms with Gasteiger partial charge in [-0.15, -0.1) is 0 Å². The van der Waals surface area contributed by atoms with E-state index >= 15 is 0 Å². The zero-order valence-electron chi connectivity index (χ0n) is 20.9. The van der Waals surface area contributed by atoms with Crippen LogP contribution in [-0.4, -0.2) is 38.7 Å². The molecule has 0 radical (unpaired) electrons. The maximum Gasteiger partial charge on any atom is 0.433 e. The van der Waals surface area contributed by atoms with Crippen molar-refractivity contribution in [1.29, 1.82) is 0 Å². The predicted octanol–water partition coefficient (Wildman–Crippen LogP) is 6.03. The summed E-state index contributed by atoms with van der Waals surface area (Å²) in [5.41, 5.74) is -1.07. The number of carbonyl (C=O) groups excluding carboxylic acids is 1. The van der Waals surface area contributed by atoms with E-state index in [4.69, 9.17) is 11.6 Å². The molecule has 1 aliphatic carbocycles. The number of nitrogens with zero attached hydrogens (tertiary/aromatic N) is 3. The van der Waals surface area contributed by atoms with Crippen LogP contribution in [0.1, 0.15) is 86.6 Å². The molecule has 35 heavy (non-hydrogen) atoms. The van der Waals surface area contributed by atoms with Gasteiger partial charge in [0.05, 0.1) is 22.8 Å². The first-order chi connectivity index (χ1) is 16.2. The lowest BCUT2D eigenvalue weighted by molar-refractivity contribution is -0.145. The molecule has 3 rings (SSSR count). The quantitative estimate of drug-likeness (QED) is 0.511. The Bertz CT molecular complexity index is 1110. The Balaban J connectivity index is 1.96. The number of hydrogen-bond donors (Lipinski definition) is 1. The van der Waals surface area contributed by atoms with Crippen molar-refractivity contribution in [3.8, 4) is 0 Å². The topological polar surface area (TPSA) is 71.0 Å². The molecule has 0 saturated heterocycles. The number of rotatable bonds is 6. The average Bonchev–Trinajstić information content (AvgIpc) is 3.20. The smallest absolute Gasteiger partial charge is 0.338 e. The van der Waals surface area contributed by atoms with Crippen molar-refractivity contribution in [2.45, 2.75) is 78.9 Å². The van der Waals surface area contributed by atoms with E-state index in [2.05, 4.69) is 17.0 Å². The van der Waals surface area contributed by atoms with Crippen LogP contribution in [0, 0.1) is 18.3 Å². The predicted molar refractivity (Wildman–Crippen MR) is 130 cm³/mol. The lowest BCUT2D eigenvalue weighted by Crippen LogP contribution is -2.40. The molecule has 0 spiro atoms. The molecule has 6 nitrogen and oxygen atoms in total. The van der Waals surface area contributed by atoms with Crippen LogP contribution in [-0.2, 0) is 12.6 Å². The van der Waals surface area contributed by atoms with Crippen molar-refractivity contribution < 1.29 is 18.0 Å². The highest BCUT2D eigenvalue weighted by Crippen LogP contribution is 2.39. The molecule has 0 aromatic carbocycles. The first-order valence-corrected chi connectivity index (χ1v) is 12.4. The van der Waals surface area contributed by atoms with E-state index in [0.29, 0.717) is 34.9 Å². The van der Waals surface area contributed by atoms with E-state index in [1.165, 1.54) is 11.1 Å². The first-order valence-electron chi connectivity index (χ1n) is 12.0. The molecule has 0 atom stereocenters. The zero-order chi connectivity index (χ0) is 26.1. The fourth-order valence-electron chi connectivity index (χ4n) is 4.75. The van der Waals surface area contributed by atoms with Crippen molar-refractivity contribution in [3.05, 3.63) is 50.2 Å². The SMILES string of the molecule is Cc1c(CCN(CC(C)(C)C)C(=O)c2cnn(C3CCC(C)CC3)c2C(F)(F)F)c(Cl)c[nH]c1=O. The van der Waals surface area contributed by atoms with Crippen LogP contribution in [0.5, 0.6) is 0 Å². The van der Waals surface area contributed by atoms with Gasteiger partial charge in [-0.05, 0) is 55.9 Å². The molecule has 1 aliphatic rings. The molecule has 0 unspecified atom stereocenters. The van der Waals surface area contributed by atoms with Crippen molar-refractivity contribution in [1.82, 2.24) is 19.7 Å². The summed E-state index contributed by atoms with van der Waals surface area (Å²) in [7, 11) is 0. The number of nitrogens with one attached hydrogen (secondary N) is 1. The Kier molecular flexibility index (Phi) is 8.09. The van der Waals surface area contributed by atoms with Crippen molar-refractivity contribution >= 4 is 17.5 Å². The van der Waals surface area contributed by atoms with Gasteiger partial charge in [-0.2, -0.15) is 18.3 Å². The van der Waals surface area contributed by atoms with E-state index in [1.807, 2.05) is 20.8 Å². The van der Waals surface area contributed by atoms with E-state index in [0.717, 1.165) is 23.7 Å². The fourth-order valence-corrected chi connectivity index (χ4v) is 5.05. The van der Waals surface area contributed by atoms with Gasteiger partial charge in [0.2, 0.25) is 0 Å². The number of H-pyrrole nitrogens is 1. The average molecular weight is 515 g/mol. The second-order valence-corrected chi connectivity index (χ2v) is 11.3. The number of pyridine rings is 1. The summed E-state index contributed by atoms with van der Waals surface area (Å²) in [6, 6.07) is -0.377. The summed E-state index contributed by atoms with van der Waals surface area (Å²) in [6.45, 7) is 9.81. The second-order valence-electron chi connectivity index (χ2n) is 10.9. The third kappa shape index (κ3) is 6.48. The van der Waals surface area contributed by atoms with Gasteiger partial charge in [-0.1, -0.05) is 39.3 Å². The number of aromatic amines is 1. The summed E-state index contributed by atoms with van der Waals surface area (Å²) in [5, 5.41) is 4.42. The van der Waals surface area contributed by atoms with E-state index in [1.54, 1.807) is 6.92 Å². The normalized spacial score (nSPS) is 19.1. The molecule has 2 aromatic rings. The van der Waals surface area contributed by atoms with E-state index < -0.39 is 23.3 Å².